The van der Waals surface area contributed by atoms with E-state index in [4.69, 9.17) is 0 Å². The molecular formula is C20H21N3O4. The molecule has 0 unspecified atom stereocenters. The van der Waals surface area contributed by atoms with E-state index in [-0.39, 0.29) is 30.0 Å². The molecule has 7 heteroatoms. The number of hydrogen-bond acceptors (Lipinski definition) is 4. The van der Waals surface area contributed by atoms with E-state index in [1.807, 2.05) is 37.3 Å². The molecule has 0 aromatic heterocycles. The highest BCUT2D eigenvalue weighted by Crippen LogP contribution is 2.29. The Morgan fingerprint density at radius 2 is 1.96 bits per heavy atom. The van der Waals surface area contributed by atoms with Crippen molar-refractivity contribution in [3.63, 3.8) is 0 Å². The van der Waals surface area contributed by atoms with Crippen molar-refractivity contribution in [2.24, 2.45) is 5.92 Å². The normalized spacial score (nSPS) is 17.6. The summed E-state index contributed by atoms with van der Waals surface area (Å²) < 4.78 is 0. The molecule has 0 aliphatic carbocycles. The second kappa shape index (κ2) is 7.57. The summed E-state index contributed by atoms with van der Waals surface area (Å²) in [6.07, 6.45) is 0.136. The summed E-state index contributed by atoms with van der Waals surface area (Å²) in [5, 5.41) is 13.8. The van der Waals surface area contributed by atoms with E-state index < -0.39 is 10.8 Å². The van der Waals surface area contributed by atoms with Gasteiger partial charge in [-0.1, -0.05) is 36.4 Å². The Bertz CT molecular complexity index is 882. The average Bonchev–Trinajstić information content (AvgIpc) is 3.05. The minimum absolute atomic E-state index is 0.0466. The quantitative estimate of drug-likeness (QED) is 0.647. The largest absolute Gasteiger partial charge is 0.335 e. The molecule has 0 radical (unpaired) electrons. The molecule has 7 nitrogen and oxygen atoms in total. The Kier molecular flexibility index (Phi) is 5.21. The molecule has 0 spiro atoms. The molecule has 2 amide bonds. The molecule has 2 atom stereocenters. The number of amides is 2. The van der Waals surface area contributed by atoms with Gasteiger partial charge in [-0.3, -0.25) is 19.7 Å². The predicted octanol–water partition coefficient (Wildman–Crippen LogP) is 3.45. The molecule has 1 aliphatic heterocycles. The van der Waals surface area contributed by atoms with Crippen LogP contribution in [0.4, 0.5) is 11.4 Å². The first-order valence-corrected chi connectivity index (χ1v) is 8.77. The van der Waals surface area contributed by atoms with Crippen molar-refractivity contribution in [3.8, 4) is 0 Å². The zero-order valence-corrected chi connectivity index (χ0v) is 15.2. The zero-order valence-electron chi connectivity index (χ0n) is 15.2. The summed E-state index contributed by atoms with van der Waals surface area (Å²) in [6.45, 7) is 3.91. The lowest BCUT2D eigenvalue weighted by Crippen LogP contribution is -2.30. The van der Waals surface area contributed by atoms with E-state index in [1.165, 1.54) is 6.07 Å². The number of nitro groups is 1. The van der Waals surface area contributed by atoms with E-state index in [9.17, 15) is 19.7 Å². The molecule has 27 heavy (non-hydrogen) atoms. The minimum atomic E-state index is -0.482. The molecule has 1 saturated heterocycles. The third kappa shape index (κ3) is 3.97. The van der Waals surface area contributed by atoms with Crippen LogP contribution >= 0.6 is 0 Å². The summed E-state index contributed by atoms with van der Waals surface area (Å²) in [5.74, 6) is -0.852. The molecule has 0 saturated carbocycles. The number of anilines is 1. The van der Waals surface area contributed by atoms with Crippen LogP contribution in [-0.2, 0) is 9.59 Å². The number of nitrogens with one attached hydrogen (secondary N) is 1. The van der Waals surface area contributed by atoms with Gasteiger partial charge in [0.15, 0.2) is 0 Å². The van der Waals surface area contributed by atoms with Gasteiger partial charge in [-0.2, -0.15) is 0 Å². The van der Waals surface area contributed by atoms with Crippen LogP contribution in [0.15, 0.2) is 48.5 Å². The van der Waals surface area contributed by atoms with Crippen LogP contribution in [0.5, 0.6) is 0 Å². The summed E-state index contributed by atoms with van der Waals surface area (Å²) in [7, 11) is 0. The van der Waals surface area contributed by atoms with E-state index in [0.29, 0.717) is 17.8 Å². The maximum Gasteiger partial charge on any atom is 0.274 e. The first kappa shape index (κ1) is 18.6. The Balaban J connectivity index is 1.69. The van der Waals surface area contributed by atoms with Gasteiger partial charge in [-0.05, 0) is 25.5 Å². The van der Waals surface area contributed by atoms with Crippen LogP contribution in [0.3, 0.4) is 0 Å². The highest BCUT2D eigenvalue weighted by molar-refractivity contribution is 5.97. The van der Waals surface area contributed by atoms with E-state index in [2.05, 4.69) is 5.32 Å². The molecule has 3 rings (SSSR count). The van der Waals surface area contributed by atoms with Crippen LogP contribution < -0.4 is 5.32 Å². The number of rotatable bonds is 5. The number of hydrogen-bond donors (Lipinski definition) is 1. The third-order valence-electron chi connectivity index (χ3n) is 4.95. The van der Waals surface area contributed by atoms with Crippen molar-refractivity contribution in [3.05, 3.63) is 69.8 Å². The third-order valence-corrected chi connectivity index (χ3v) is 4.95. The van der Waals surface area contributed by atoms with Gasteiger partial charge in [0.25, 0.3) is 5.69 Å². The maximum absolute atomic E-state index is 12.6. The fourth-order valence-electron chi connectivity index (χ4n) is 3.32. The molecule has 140 valence electrons. The molecule has 1 aliphatic rings. The van der Waals surface area contributed by atoms with Crippen LogP contribution in [0.25, 0.3) is 0 Å². The standard InChI is InChI=1S/C20H21N3O4/c1-13-8-9-17(11-18(13)23(26)27)21-20(25)16-10-19(24)22(12-16)14(2)15-6-4-3-5-7-15/h3-9,11,14,16H,10,12H2,1-2H3,(H,21,25)/t14-,16-/m0/s1. The SMILES string of the molecule is Cc1ccc(NC(=O)[C@H]2CC(=O)N([C@@H](C)c3ccccc3)C2)cc1[N+](=O)[O-]. The van der Waals surface area contributed by atoms with Gasteiger partial charge in [0, 0.05) is 30.3 Å². The van der Waals surface area contributed by atoms with Crippen molar-refractivity contribution < 1.29 is 14.5 Å². The number of nitrogens with zero attached hydrogens (tertiary/aromatic N) is 2. The number of carbonyl (C=O) groups excluding carboxylic acids is 2. The average molecular weight is 367 g/mol. The van der Waals surface area contributed by atoms with E-state index in [0.717, 1.165) is 5.56 Å². The van der Waals surface area contributed by atoms with E-state index in [1.54, 1.807) is 24.0 Å². The summed E-state index contributed by atoms with van der Waals surface area (Å²) >= 11 is 0. The Morgan fingerprint density at radius 1 is 1.26 bits per heavy atom. The van der Waals surface area contributed by atoms with Gasteiger partial charge in [0.1, 0.15) is 0 Å². The first-order chi connectivity index (χ1) is 12.9. The Morgan fingerprint density at radius 3 is 2.63 bits per heavy atom. The monoisotopic (exact) mass is 367 g/mol. The lowest BCUT2D eigenvalue weighted by atomic mass is 10.1. The zero-order chi connectivity index (χ0) is 19.6. The summed E-state index contributed by atoms with van der Waals surface area (Å²) in [5.41, 5.74) is 1.85. The second-order valence-electron chi connectivity index (χ2n) is 6.78. The van der Waals surface area contributed by atoms with Gasteiger partial charge in [-0.25, -0.2) is 0 Å². The van der Waals surface area contributed by atoms with Gasteiger partial charge in [0.2, 0.25) is 11.8 Å². The molecule has 2 aromatic carbocycles. The van der Waals surface area contributed by atoms with E-state index >= 15 is 0 Å². The molecule has 1 heterocycles. The number of benzene rings is 2. The van der Waals surface area contributed by atoms with Crippen LogP contribution in [0.1, 0.15) is 30.5 Å². The lowest BCUT2D eigenvalue weighted by molar-refractivity contribution is -0.385. The van der Waals surface area contributed by atoms with Crippen LogP contribution in [-0.4, -0.2) is 28.2 Å². The number of carbonyl (C=O) groups is 2. The highest BCUT2D eigenvalue weighted by atomic mass is 16.6. The van der Waals surface area contributed by atoms with Crippen LogP contribution in [0.2, 0.25) is 0 Å². The molecular weight excluding hydrogens is 346 g/mol. The topological polar surface area (TPSA) is 92.6 Å². The highest BCUT2D eigenvalue weighted by Gasteiger charge is 2.37. The van der Waals surface area contributed by atoms with Crippen molar-refractivity contribution in [1.29, 1.82) is 0 Å². The molecule has 2 aromatic rings. The molecule has 1 fully saturated rings. The molecule has 0 bridgehead atoms. The van der Waals surface area contributed by atoms with Gasteiger partial charge in [-0.15, -0.1) is 0 Å². The maximum atomic E-state index is 12.6. The minimum Gasteiger partial charge on any atom is -0.335 e. The fraction of sp³-hybridized carbons (Fsp3) is 0.300. The predicted molar refractivity (Wildman–Crippen MR) is 101 cm³/mol. The van der Waals surface area contributed by atoms with Crippen molar-refractivity contribution in [2.75, 3.05) is 11.9 Å². The fourth-order valence-corrected chi connectivity index (χ4v) is 3.32. The Hall–Kier alpha value is -3.22. The van der Waals surface area contributed by atoms with Crippen LogP contribution in [0, 0.1) is 23.0 Å². The number of aryl methyl sites for hydroxylation is 1. The van der Waals surface area contributed by atoms with Crippen molar-refractivity contribution in [1.82, 2.24) is 4.90 Å². The van der Waals surface area contributed by atoms with Crippen molar-refractivity contribution >= 4 is 23.2 Å². The lowest BCUT2D eigenvalue weighted by Gasteiger charge is -2.25. The number of likely N-dealkylation sites (tertiary alicyclic amines) is 1. The van der Waals surface area contributed by atoms with Gasteiger partial charge in [0.05, 0.1) is 16.9 Å². The molecule has 1 N–H and O–H groups in total. The Labute approximate surface area is 157 Å². The second-order valence-corrected chi connectivity index (χ2v) is 6.78. The first-order valence-electron chi connectivity index (χ1n) is 8.77. The summed E-state index contributed by atoms with van der Waals surface area (Å²) in [6, 6.07) is 14.1. The summed E-state index contributed by atoms with van der Waals surface area (Å²) in [4.78, 5) is 37.3. The van der Waals surface area contributed by atoms with Gasteiger partial charge < -0.3 is 10.2 Å². The number of nitro benzene ring substituents is 1. The smallest absolute Gasteiger partial charge is 0.274 e. The van der Waals surface area contributed by atoms with Crippen molar-refractivity contribution in [2.45, 2.75) is 26.3 Å². The van der Waals surface area contributed by atoms with Gasteiger partial charge >= 0.3 is 0 Å².